The van der Waals surface area contributed by atoms with Gasteiger partial charge in [-0.05, 0) is 26.0 Å². The van der Waals surface area contributed by atoms with Crippen LogP contribution in [0, 0.1) is 0 Å². The number of nitrogens with zero attached hydrogens (tertiary/aromatic N) is 2. The second kappa shape index (κ2) is 5.70. The molecule has 4 nitrogen and oxygen atoms in total. The second-order valence-electron chi connectivity index (χ2n) is 6.65. The van der Waals surface area contributed by atoms with E-state index in [9.17, 15) is 9.90 Å². The minimum absolute atomic E-state index is 0.111. The molecular weight excluding hydrogens is 276 g/mol. The number of halogens is 1. The molecule has 1 aromatic rings. The Labute approximate surface area is 125 Å². The molecule has 0 bridgehead atoms. The number of aliphatic hydroxyl groups excluding tert-OH is 1. The summed E-state index contributed by atoms with van der Waals surface area (Å²) in [5.41, 5.74) is 0.433. The number of carbonyl (C=O) groups excluding carboxylic acids is 1. The molecule has 1 rings (SSSR count). The highest BCUT2D eigenvalue weighted by atomic mass is 35.5. The third-order valence-electron chi connectivity index (χ3n) is 3.41. The fourth-order valence-electron chi connectivity index (χ4n) is 1.58. The van der Waals surface area contributed by atoms with Crippen LogP contribution < -0.4 is 0 Å². The Morgan fingerprint density at radius 1 is 1.30 bits per heavy atom. The lowest BCUT2D eigenvalue weighted by atomic mass is 9.90. The Morgan fingerprint density at radius 2 is 1.85 bits per heavy atom. The summed E-state index contributed by atoms with van der Waals surface area (Å²) in [6.07, 6.45) is 0. The molecule has 112 valence electrons. The van der Waals surface area contributed by atoms with E-state index in [1.165, 1.54) is 4.90 Å². The summed E-state index contributed by atoms with van der Waals surface area (Å²) in [4.78, 5) is 18.3. The number of aromatic nitrogens is 1. The normalized spacial score (nSPS) is 12.4. The molecule has 0 unspecified atom stereocenters. The average Bonchev–Trinajstić information content (AvgIpc) is 2.35. The zero-order valence-electron chi connectivity index (χ0n) is 13.0. The maximum Gasteiger partial charge on any atom is 0.254 e. The van der Waals surface area contributed by atoms with Crippen molar-refractivity contribution in [2.75, 3.05) is 13.7 Å². The molecular formula is C15H23ClN2O2. The molecule has 0 aliphatic heterocycles. The molecule has 0 saturated carbocycles. The second-order valence-corrected chi connectivity index (χ2v) is 7.04. The van der Waals surface area contributed by atoms with E-state index in [0.29, 0.717) is 10.7 Å². The van der Waals surface area contributed by atoms with Crippen molar-refractivity contribution in [1.29, 1.82) is 0 Å². The van der Waals surface area contributed by atoms with Crippen LogP contribution in [0.25, 0.3) is 0 Å². The minimum Gasteiger partial charge on any atom is -0.394 e. The third kappa shape index (κ3) is 3.70. The van der Waals surface area contributed by atoms with Crippen LogP contribution in [0.2, 0.25) is 5.15 Å². The summed E-state index contributed by atoms with van der Waals surface area (Å²) in [6.45, 7) is 9.54. The van der Waals surface area contributed by atoms with E-state index in [2.05, 4.69) is 4.98 Å². The summed E-state index contributed by atoms with van der Waals surface area (Å²) in [6, 6.07) is 3.32. The number of hydrogen-bond donors (Lipinski definition) is 1. The van der Waals surface area contributed by atoms with Gasteiger partial charge >= 0.3 is 0 Å². The van der Waals surface area contributed by atoms with Crippen molar-refractivity contribution in [1.82, 2.24) is 9.88 Å². The molecule has 1 N–H and O–H groups in total. The molecule has 0 radical (unpaired) electrons. The summed E-state index contributed by atoms with van der Waals surface area (Å²) in [7, 11) is 1.67. The molecule has 1 aromatic heterocycles. The fourth-order valence-corrected chi connectivity index (χ4v) is 1.79. The zero-order valence-corrected chi connectivity index (χ0v) is 13.7. The monoisotopic (exact) mass is 298 g/mol. The van der Waals surface area contributed by atoms with Crippen molar-refractivity contribution in [3.63, 3.8) is 0 Å². The number of likely N-dealkylation sites (N-methyl/N-ethyl adjacent to an activating group) is 1. The standard InChI is InChI=1S/C15H23ClN2O2/c1-14(2,3)11-7-10(8-12(16)17-11)13(20)18(6)15(4,5)9-19/h7-8,19H,9H2,1-6H3. The van der Waals surface area contributed by atoms with Gasteiger partial charge in [-0.25, -0.2) is 4.98 Å². The van der Waals surface area contributed by atoms with E-state index >= 15 is 0 Å². The molecule has 0 aliphatic carbocycles. The van der Waals surface area contributed by atoms with Gasteiger partial charge in [0.05, 0.1) is 12.1 Å². The van der Waals surface area contributed by atoms with Crippen molar-refractivity contribution in [3.05, 3.63) is 28.5 Å². The van der Waals surface area contributed by atoms with E-state index in [1.54, 1.807) is 33.0 Å². The van der Waals surface area contributed by atoms with Crippen LogP contribution in [-0.2, 0) is 5.41 Å². The number of rotatable bonds is 3. The van der Waals surface area contributed by atoms with Crippen LogP contribution in [0.15, 0.2) is 12.1 Å². The van der Waals surface area contributed by atoms with Gasteiger partial charge < -0.3 is 10.0 Å². The molecule has 5 heteroatoms. The van der Waals surface area contributed by atoms with E-state index in [-0.39, 0.29) is 17.9 Å². The Kier molecular flexibility index (Phi) is 4.82. The molecule has 0 aliphatic rings. The molecule has 0 atom stereocenters. The van der Waals surface area contributed by atoms with E-state index in [4.69, 9.17) is 11.6 Å². The SMILES string of the molecule is CN(C(=O)c1cc(Cl)nc(C(C)(C)C)c1)C(C)(C)CO. The lowest BCUT2D eigenvalue weighted by molar-refractivity contribution is 0.0473. The Morgan fingerprint density at radius 3 is 2.30 bits per heavy atom. The first-order chi connectivity index (χ1) is 8.99. The van der Waals surface area contributed by atoms with Gasteiger partial charge in [-0.15, -0.1) is 0 Å². The van der Waals surface area contributed by atoms with Gasteiger partial charge in [0, 0.05) is 23.7 Å². The van der Waals surface area contributed by atoms with Gasteiger partial charge in [0.2, 0.25) is 0 Å². The molecule has 0 spiro atoms. The third-order valence-corrected chi connectivity index (χ3v) is 3.60. The molecule has 1 heterocycles. The number of carbonyl (C=O) groups is 1. The van der Waals surface area contributed by atoms with Crippen molar-refractivity contribution in [2.24, 2.45) is 0 Å². The first-order valence-corrected chi connectivity index (χ1v) is 6.94. The lowest BCUT2D eigenvalue weighted by Gasteiger charge is -2.34. The van der Waals surface area contributed by atoms with Gasteiger partial charge in [-0.2, -0.15) is 0 Å². The highest BCUT2D eigenvalue weighted by Gasteiger charge is 2.28. The predicted molar refractivity (Wildman–Crippen MR) is 81.2 cm³/mol. The quantitative estimate of drug-likeness (QED) is 0.873. The molecule has 20 heavy (non-hydrogen) atoms. The van der Waals surface area contributed by atoms with Gasteiger partial charge in [-0.3, -0.25) is 4.79 Å². The zero-order chi connectivity index (χ0) is 15.7. The van der Waals surface area contributed by atoms with Crippen molar-refractivity contribution >= 4 is 17.5 Å². The van der Waals surface area contributed by atoms with Gasteiger partial charge in [0.15, 0.2) is 0 Å². The van der Waals surface area contributed by atoms with E-state index in [1.807, 2.05) is 20.8 Å². The first kappa shape index (κ1) is 16.9. The van der Waals surface area contributed by atoms with Gasteiger partial charge in [0.1, 0.15) is 5.15 Å². The molecule has 1 amide bonds. The topological polar surface area (TPSA) is 53.4 Å². The predicted octanol–water partition coefficient (Wildman–Crippen LogP) is 2.88. The Bertz CT molecular complexity index is 507. The summed E-state index contributed by atoms with van der Waals surface area (Å²) in [5.74, 6) is -0.182. The number of hydrogen-bond acceptors (Lipinski definition) is 3. The van der Waals surface area contributed by atoms with Crippen LogP contribution in [0.5, 0.6) is 0 Å². The summed E-state index contributed by atoms with van der Waals surface area (Å²) < 4.78 is 0. The molecule has 0 fully saturated rings. The van der Waals surface area contributed by atoms with Crippen LogP contribution >= 0.6 is 11.6 Å². The van der Waals surface area contributed by atoms with Crippen LogP contribution in [-0.4, -0.2) is 40.1 Å². The fraction of sp³-hybridized carbons (Fsp3) is 0.600. The smallest absolute Gasteiger partial charge is 0.254 e. The largest absolute Gasteiger partial charge is 0.394 e. The van der Waals surface area contributed by atoms with Crippen LogP contribution in [0.3, 0.4) is 0 Å². The van der Waals surface area contributed by atoms with Gasteiger partial charge in [-0.1, -0.05) is 32.4 Å². The molecule has 0 aromatic carbocycles. The maximum absolute atomic E-state index is 12.5. The van der Waals surface area contributed by atoms with Crippen LogP contribution in [0.4, 0.5) is 0 Å². The Balaban J connectivity index is 3.21. The molecule has 0 saturated heterocycles. The highest BCUT2D eigenvalue weighted by molar-refractivity contribution is 6.29. The number of aliphatic hydroxyl groups is 1. The van der Waals surface area contributed by atoms with E-state index < -0.39 is 5.54 Å². The minimum atomic E-state index is -0.630. The summed E-state index contributed by atoms with van der Waals surface area (Å²) in [5, 5.41) is 9.67. The first-order valence-electron chi connectivity index (χ1n) is 6.56. The summed E-state index contributed by atoms with van der Waals surface area (Å²) >= 11 is 6.02. The van der Waals surface area contributed by atoms with Crippen LogP contribution in [0.1, 0.15) is 50.7 Å². The van der Waals surface area contributed by atoms with Gasteiger partial charge in [0.25, 0.3) is 5.91 Å². The van der Waals surface area contributed by atoms with Crippen molar-refractivity contribution < 1.29 is 9.90 Å². The number of amides is 1. The highest BCUT2D eigenvalue weighted by Crippen LogP contribution is 2.25. The average molecular weight is 299 g/mol. The van der Waals surface area contributed by atoms with E-state index in [0.717, 1.165) is 5.69 Å². The maximum atomic E-state index is 12.5. The van der Waals surface area contributed by atoms with Crippen molar-refractivity contribution in [3.8, 4) is 0 Å². The Hall–Kier alpha value is -1.13. The number of pyridine rings is 1. The van der Waals surface area contributed by atoms with Crippen molar-refractivity contribution in [2.45, 2.75) is 45.6 Å². The lowest BCUT2D eigenvalue weighted by Crippen LogP contribution is -2.47.